The summed E-state index contributed by atoms with van der Waals surface area (Å²) in [5.74, 6) is 0. The highest BCUT2D eigenvalue weighted by Crippen LogP contribution is 2.21. The van der Waals surface area contributed by atoms with Crippen molar-refractivity contribution in [2.45, 2.75) is 20.4 Å². The summed E-state index contributed by atoms with van der Waals surface area (Å²) in [5, 5.41) is 11.9. The zero-order chi connectivity index (χ0) is 12.0. The van der Waals surface area contributed by atoms with Crippen molar-refractivity contribution in [2.75, 3.05) is 31.6 Å². The first kappa shape index (κ1) is 13.0. The van der Waals surface area contributed by atoms with Crippen LogP contribution in [0.4, 0.5) is 5.69 Å². The number of nitrogens with one attached hydrogen (secondary N) is 1. The molecule has 0 spiro atoms. The average molecular weight is 222 g/mol. The molecule has 0 unspecified atom stereocenters. The highest BCUT2D eigenvalue weighted by molar-refractivity contribution is 5.55. The second kappa shape index (κ2) is 6.51. The molecule has 0 bridgehead atoms. The molecule has 0 aliphatic rings. The number of rotatable bonds is 6. The summed E-state index contributed by atoms with van der Waals surface area (Å²) in [6, 6.07) is 6.37. The standard InChI is InChI=1S/C13H22N2O/c1-4-15(3)13-7-5-6-12(11(13)2)10-14-8-9-16/h5-7,14,16H,4,8-10H2,1-3H3. The Morgan fingerprint density at radius 1 is 1.38 bits per heavy atom. The van der Waals surface area contributed by atoms with Gasteiger partial charge >= 0.3 is 0 Å². The van der Waals surface area contributed by atoms with Gasteiger partial charge in [-0.15, -0.1) is 0 Å². The van der Waals surface area contributed by atoms with Crippen LogP contribution in [-0.2, 0) is 6.54 Å². The predicted octanol–water partition coefficient (Wildman–Crippen LogP) is 1.53. The number of aliphatic hydroxyl groups is 1. The van der Waals surface area contributed by atoms with Gasteiger partial charge in [-0.2, -0.15) is 0 Å². The Morgan fingerprint density at radius 3 is 2.75 bits per heavy atom. The molecule has 2 N–H and O–H groups in total. The van der Waals surface area contributed by atoms with Gasteiger partial charge in [0.15, 0.2) is 0 Å². The summed E-state index contributed by atoms with van der Waals surface area (Å²) in [6.45, 7) is 6.96. The minimum absolute atomic E-state index is 0.188. The third-order valence-corrected chi connectivity index (χ3v) is 2.91. The number of hydrogen-bond donors (Lipinski definition) is 2. The summed E-state index contributed by atoms with van der Waals surface area (Å²) in [6.07, 6.45) is 0. The Bertz CT molecular complexity index is 326. The van der Waals surface area contributed by atoms with Crippen LogP contribution in [0.25, 0.3) is 0 Å². The molecule has 16 heavy (non-hydrogen) atoms. The van der Waals surface area contributed by atoms with Crippen molar-refractivity contribution in [1.82, 2.24) is 5.32 Å². The zero-order valence-corrected chi connectivity index (χ0v) is 10.5. The topological polar surface area (TPSA) is 35.5 Å². The van der Waals surface area contributed by atoms with Gasteiger partial charge in [0.05, 0.1) is 6.61 Å². The normalized spacial score (nSPS) is 10.5. The lowest BCUT2D eigenvalue weighted by molar-refractivity contribution is 0.292. The Labute approximate surface area is 98.1 Å². The number of aliphatic hydroxyl groups excluding tert-OH is 1. The molecule has 0 aliphatic carbocycles. The number of anilines is 1. The first-order chi connectivity index (χ1) is 7.70. The number of hydrogen-bond acceptors (Lipinski definition) is 3. The Hall–Kier alpha value is -1.06. The fourth-order valence-corrected chi connectivity index (χ4v) is 1.75. The van der Waals surface area contributed by atoms with E-state index in [0.29, 0.717) is 6.54 Å². The molecule has 3 heteroatoms. The number of nitrogens with zero attached hydrogens (tertiary/aromatic N) is 1. The fourth-order valence-electron chi connectivity index (χ4n) is 1.75. The first-order valence-corrected chi connectivity index (χ1v) is 5.82. The van der Waals surface area contributed by atoms with Gasteiger partial charge < -0.3 is 15.3 Å². The third kappa shape index (κ3) is 3.22. The monoisotopic (exact) mass is 222 g/mol. The van der Waals surface area contributed by atoms with E-state index in [1.165, 1.54) is 16.8 Å². The highest BCUT2D eigenvalue weighted by Gasteiger charge is 2.06. The fraction of sp³-hybridized carbons (Fsp3) is 0.538. The summed E-state index contributed by atoms with van der Waals surface area (Å²) >= 11 is 0. The average Bonchev–Trinajstić information content (AvgIpc) is 2.30. The summed E-state index contributed by atoms with van der Waals surface area (Å²) in [5.41, 5.74) is 3.90. The SMILES string of the molecule is CCN(C)c1cccc(CNCCO)c1C. The van der Waals surface area contributed by atoms with E-state index in [2.05, 4.69) is 49.3 Å². The first-order valence-electron chi connectivity index (χ1n) is 5.82. The van der Waals surface area contributed by atoms with Crippen molar-refractivity contribution in [3.8, 4) is 0 Å². The Balaban J connectivity index is 2.78. The predicted molar refractivity (Wildman–Crippen MR) is 68.9 cm³/mol. The van der Waals surface area contributed by atoms with Crippen molar-refractivity contribution in [3.63, 3.8) is 0 Å². The van der Waals surface area contributed by atoms with Crippen molar-refractivity contribution in [1.29, 1.82) is 0 Å². The van der Waals surface area contributed by atoms with E-state index in [1.54, 1.807) is 0 Å². The largest absolute Gasteiger partial charge is 0.395 e. The van der Waals surface area contributed by atoms with Crippen LogP contribution >= 0.6 is 0 Å². The molecule has 1 rings (SSSR count). The van der Waals surface area contributed by atoms with Crippen molar-refractivity contribution in [2.24, 2.45) is 0 Å². The second-order valence-corrected chi connectivity index (χ2v) is 3.98. The van der Waals surface area contributed by atoms with Gasteiger partial charge in [-0.05, 0) is 31.0 Å². The molecule has 0 aromatic heterocycles. The molecule has 0 aliphatic heterocycles. The van der Waals surface area contributed by atoms with Crippen LogP contribution in [-0.4, -0.2) is 31.9 Å². The van der Waals surface area contributed by atoms with Gasteiger partial charge in [-0.1, -0.05) is 12.1 Å². The Morgan fingerprint density at radius 2 is 2.12 bits per heavy atom. The van der Waals surface area contributed by atoms with Gasteiger partial charge in [0.1, 0.15) is 0 Å². The van der Waals surface area contributed by atoms with E-state index in [9.17, 15) is 0 Å². The molecule has 1 aromatic carbocycles. The highest BCUT2D eigenvalue weighted by atomic mass is 16.3. The van der Waals surface area contributed by atoms with Gasteiger partial charge in [-0.3, -0.25) is 0 Å². The van der Waals surface area contributed by atoms with E-state index in [-0.39, 0.29) is 6.61 Å². The molecule has 0 saturated carbocycles. The zero-order valence-electron chi connectivity index (χ0n) is 10.5. The third-order valence-electron chi connectivity index (χ3n) is 2.91. The molecule has 3 nitrogen and oxygen atoms in total. The molecule has 0 heterocycles. The molecular formula is C13H22N2O. The van der Waals surface area contributed by atoms with E-state index in [1.807, 2.05) is 0 Å². The maximum absolute atomic E-state index is 8.72. The quantitative estimate of drug-likeness (QED) is 0.717. The van der Waals surface area contributed by atoms with Gasteiger partial charge in [0.25, 0.3) is 0 Å². The minimum atomic E-state index is 0.188. The molecule has 0 fully saturated rings. The summed E-state index contributed by atoms with van der Waals surface area (Å²) in [7, 11) is 2.10. The maximum atomic E-state index is 8.72. The van der Waals surface area contributed by atoms with Gasteiger partial charge in [0, 0.05) is 32.4 Å². The van der Waals surface area contributed by atoms with E-state index < -0.39 is 0 Å². The molecule has 0 saturated heterocycles. The lowest BCUT2D eigenvalue weighted by Gasteiger charge is -2.21. The van der Waals surface area contributed by atoms with Crippen molar-refractivity contribution >= 4 is 5.69 Å². The molecule has 1 aromatic rings. The van der Waals surface area contributed by atoms with Crippen LogP contribution in [0, 0.1) is 6.92 Å². The van der Waals surface area contributed by atoms with Crippen LogP contribution in [0.5, 0.6) is 0 Å². The molecular weight excluding hydrogens is 200 g/mol. The van der Waals surface area contributed by atoms with Crippen molar-refractivity contribution < 1.29 is 5.11 Å². The van der Waals surface area contributed by atoms with Crippen LogP contribution < -0.4 is 10.2 Å². The molecule has 0 atom stereocenters. The molecule has 0 amide bonds. The Kier molecular flexibility index (Phi) is 5.29. The lowest BCUT2D eigenvalue weighted by Crippen LogP contribution is -2.20. The van der Waals surface area contributed by atoms with Crippen LogP contribution in [0.2, 0.25) is 0 Å². The summed E-state index contributed by atoms with van der Waals surface area (Å²) < 4.78 is 0. The van der Waals surface area contributed by atoms with Gasteiger partial charge in [0.2, 0.25) is 0 Å². The molecule has 0 radical (unpaired) electrons. The summed E-state index contributed by atoms with van der Waals surface area (Å²) in [4.78, 5) is 2.24. The smallest absolute Gasteiger partial charge is 0.0556 e. The van der Waals surface area contributed by atoms with E-state index in [4.69, 9.17) is 5.11 Å². The minimum Gasteiger partial charge on any atom is -0.395 e. The molecule has 90 valence electrons. The maximum Gasteiger partial charge on any atom is 0.0556 e. The van der Waals surface area contributed by atoms with E-state index >= 15 is 0 Å². The lowest BCUT2D eigenvalue weighted by atomic mass is 10.1. The van der Waals surface area contributed by atoms with Crippen LogP contribution in [0.3, 0.4) is 0 Å². The number of benzene rings is 1. The van der Waals surface area contributed by atoms with Crippen LogP contribution in [0.15, 0.2) is 18.2 Å². The van der Waals surface area contributed by atoms with Crippen molar-refractivity contribution in [3.05, 3.63) is 29.3 Å². The van der Waals surface area contributed by atoms with E-state index in [0.717, 1.165) is 13.1 Å². The second-order valence-electron chi connectivity index (χ2n) is 3.98. The van der Waals surface area contributed by atoms with Gasteiger partial charge in [-0.25, -0.2) is 0 Å². The van der Waals surface area contributed by atoms with Crippen LogP contribution in [0.1, 0.15) is 18.1 Å².